The number of hydrogen-bond donors (Lipinski definition) is 0. The van der Waals surface area contributed by atoms with Crippen LogP contribution in [0.25, 0.3) is 0 Å². The molecule has 2 atom stereocenters. The number of fused-ring (bicyclic) bond motifs is 1. The summed E-state index contributed by atoms with van der Waals surface area (Å²) in [5.41, 5.74) is 2.61. The number of ether oxygens (including phenoxy) is 1. The van der Waals surface area contributed by atoms with E-state index in [1.54, 1.807) is 6.92 Å². The van der Waals surface area contributed by atoms with E-state index < -0.39 is 0 Å². The summed E-state index contributed by atoms with van der Waals surface area (Å²) in [6.07, 6.45) is 8.48. The summed E-state index contributed by atoms with van der Waals surface area (Å²) >= 11 is 0. The summed E-state index contributed by atoms with van der Waals surface area (Å²) in [5.74, 6) is 0.401. The topological polar surface area (TPSA) is 12.5 Å². The molecule has 3 heteroatoms. The van der Waals surface area contributed by atoms with E-state index in [9.17, 15) is 4.39 Å². The van der Waals surface area contributed by atoms with Gasteiger partial charge in [0.15, 0.2) is 0 Å². The Bertz CT molecular complexity index is 535. The van der Waals surface area contributed by atoms with E-state index >= 15 is 0 Å². The lowest BCUT2D eigenvalue weighted by Crippen LogP contribution is -2.33. The highest BCUT2D eigenvalue weighted by Gasteiger charge is 2.42. The second-order valence-electron chi connectivity index (χ2n) is 6.52. The summed E-state index contributed by atoms with van der Waals surface area (Å²) in [4.78, 5) is 2.24. The third-order valence-electron chi connectivity index (χ3n) is 4.45. The van der Waals surface area contributed by atoms with Crippen LogP contribution in [-0.4, -0.2) is 25.5 Å². The van der Waals surface area contributed by atoms with Gasteiger partial charge >= 0.3 is 0 Å². The monoisotopic (exact) mass is 363 g/mol. The second-order valence-corrected chi connectivity index (χ2v) is 6.52. The predicted molar refractivity (Wildman–Crippen MR) is 112 cm³/mol. The molecule has 2 unspecified atom stereocenters. The highest BCUT2D eigenvalue weighted by Crippen LogP contribution is 2.46. The Morgan fingerprint density at radius 3 is 2.35 bits per heavy atom. The second kappa shape index (κ2) is 13.7. The average Bonchev–Trinajstić information content (AvgIpc) is 3.04. The SMILES string of the molecule is C/C=C/F.C/C=C\C(C)C1(CCCN(C)C)OCc2ccccc21.CC. The molecule has 0 fully saturated rings. The summed E-state index contributed by atoms with van der Waals surface area (Å²) in [6.45, 7) is 11.8. The maximum Gasteiger partial charge on any atom is 0.0999 e. The molecule has 1 heterocycles. The molecule has 0 bridgehead atoms. The highest BCUT2D eigenvalue weighted by molar-refractivity contribution is 5.36. The van der Waals surface area contributed by atoms with Crippen molar-refractivity contribution < 1.29 is 9.13 Å². The van der Waals surface area contributed by atoms with Gasteiger partial charge in [-0.2, -0.15) is 0 Å². The van der Waals surface area contributed by atoms with Crippen molar-refractivity contribution in [1.82, 2.24) is 4.90 Å². The molecule has 1 aliphatic rings. The number of hydrogen-bond acceptors (Lipinski definition) is 2. The van der Waals surface area contributed by atoms with E-state index in [0.29, 0.717) is 12.2 Å². The minimum absolute atomic E-state index is 0.140. The predicted octanol–water partition coefficient (Wildman–Crippen LogP) is 6.48. The number of halogens is 1. The maximum atomic E-state index is 10.5. The molecule has 1 aromatic carbocycles. The minimum atomic E-state index is -0.140. The van der Waals surface area contributed by atoms with Crippen LogP contribution in [0.15, 0.2) is 48.8 Å². The number of nitrogens with zero attached hydrogens (tertiary/aromatic N) is 1. The van der Waals surface area contributed by atoms with Crippen LogP contribution in [0.5, 0.6) is 0 Å². The molecule has 0 spiro atoms. The van der Waals surface area contributed by atoms with Gasteiger partial charge in [0.1, 0.15) is 0 Å². The number of benzene rings is 1. The van der Waals surface area contributed by atoms with Crippen molar-refractivity contribution >= 4 is 0 Å². The van der Waals surface area contributed by atoms with Crippen LogP contribution in [-0.2, 0) is 16.9 Å². The molecular formula is C23H38FNO. The highest BCUT2D eigenvalue weighted by atomic mass is 19.1. The van der Waals surface area contributed by atoms with E-state index in [-0.39, 0.29) is 5.60 Å². The molecule has 2 rings (SSSR count). The lowest BCUT2D eigenvalue weighted by atomic mass is 9.78. The maximum absolute atomic E-state index is 10.5. The van der Waals surface area contributed by atoms with E-state index in [1.807, 2.05) is 13.8 Å². The van der Waals surface area contributed by atoms with E-state index in [0.717, 1.165) is 26.0 Å². The fourth-order valence-corrected chi connectivity index (χ4v) is 3.26. The minimum Gasteiger partial charge on any atom is -0.365 e. The molecule has 148 valence electrons. The van der Waals surface area contributed by atoms with E-state index in [4.69, 9.17) is 4.74 Å². The Morgan fingerprint density at radius 2 is 1.81 bits per heavy atom. The molecule has 0 aliphatic carbocycles. The Balaban J connectivity index is 0.000000920. The molecule has 0 N–H and O–H groups in total. The third kappa shape index (κ3) is 7.05. The van der Waals surface area contributed by atoms with Gasteiger partial charge in [-0.25, -0.2) is 4.39 Å². The van der Waals surface area contributed by atoms with Gasteiger partial charge in [-0.1, -0.05) is 63.3 Å². The van der Waals surface area contributed by atoms with Gasteiger partial charge in [-0.05, 0) is 58.5 Å². The molecule has 2 nitrogen and oxygen atoms in total. The third-order valence-corrected chi connectivity index (χ3v) is 4.45. The normalized spacial score (nSPS) is 19.7. The van der Waals surface area contributed by atoms with E-state index in [2.05, 4.69) is 69.3 Å². The molecule has 0 saturated carbocycles. The molecular weight excluding hydrogens is 325 g/mol. The van der Waals surface area contributed by atoms with Crippen molar-refractivity contribution in [3.05, 3.63) is 60.0 Å². The summed E-state index contributed by atoms with van der Waals surface area (Å²) < 4.78 is 16.9. The van der Waals surface area contributed by atoms with Gasteiger partial charge < -0.3 is 9.64 Å². The fourth-order valence-electron chi connectivity index (χ4n) is 3.26. The summed E-state index contributed by atoms with van der Waals surface area (Å²) in [6, 6.07) is 8.69. The molecule has 1 aromatic rings. The first-order chi connectivity index (χ1) is 12.5. The van der Waals surface area contributed by atoms with Gasteiger partial charge in [-0.3, -0.25) is 0 Å². The molecule has 0 aromatic heterocycles. The van der Waals surface area contributed by atoms with Crippen LogP contribution < -0.4 is 0 Å². The first-order valence-corrected chi connectivity index (χ1v) is 9.73. The molecule has 26 heavy (non-hydrogen) atoms. The van der Waals surface area contributed by atoms with Crippen LogP contribution in [0, 0.1) is 5.92 Å². The van der Waals surface area contributed by atoms with Crippen LogP contribution in [0.3, 0.4) is 0 Å². The van der Waals surface area contributed by atoms with Gasteiger partial charge in [0.2, 0.25) is 0 Å². The smallest absolute Gasteiger partial charge is 0.0999 e. The Kier molecular flexibility index (Phi) is 12.9. The van der Waals surface area contributed by atoms with Crippen LogP contribution in [0.1, 0.15) is 58.6 Å². The molecule has 0 amide bonds. The van der Waals surface area contributed by atoms with Crippen molar-refractivity contribution in [3.8, 4) is 0 Å². The van der Waals surface area contributed by atoms with Crippen molar-refractivity contribution in [2.24, 2.45) is 5.92 Å². The lowest BCUT2D eigenvalue weighted by Gasteiger charge is -2.35. The summed E-state index contributed by atoms with van der Waals surface area (Å²) in [7, 11) is 4.26. The molecule has 0 radical (unpaired) electrons. The molecule has 0 saturated heterocycles. The Hall–Kier alpha value is -1.45. The first-order valence-electron chi connectivity index (χ1n) is 9.73. The van der Waals surface area contributed by atoms with Crippen molar-refractivity contribution in [2.45, 2.75) is 59.7 Å². The van der Waals surface area contributed by atoms with Gasteiger partial charge in [-0.15, -0.1) is 0 Å². The average molecular weight is 364 g/mol. The van der Waals surface area contributed by atoms with Crippen LogP contribution in [0.2, 0.25) is 0 Å². The zero-order chi connectivity index (χ0) is 20.0. The van der Waals surface area contributed by atoms with Gasteiger partial charge in [0.25, 0.3) is 0 Å². The van der Waals surface area contributed by atoms with E-state index in [1.165, 1.54) is 17.2 Å². The Morgan fingerprint density at radius 1 is 1.19 bits per heavy atom. The Labute approximate surface area is 160 Å². The van der Waals surface area contributed by atoms with Gasteiger partial charge in [0.05, 0.1) is 18.5 Å². The zero-order valence-corrected chi connectivity index (χ0v) is 17.8. The standard InChI is InChI=1S/C18H27NO.C3H5F.C2H6/c1-5-9-15(2)18(12-8-13-19(3)4)17-11-7-6-10-16(17)14-20-18;1-2-3-4;1-2/h5-7,9-11,15H,8,12-14H2,1-4H3;2-3H,1H3;1-2H3/b9-5-;3-2+;. The van der Waals surface area contributed by atoms with Gasteiger partial charge in [0, 0.05) is 5.92 Å². The summed E-state index contributed by atoms with van der Waals surface area (Å²) in [5, 5.41) is 0. The quantitative estimate of drug-likeness (QED) is 0.536. The van der Waals surface area contributed by atoms with Crippen molar-refractivity contribution in [2.75, 3.05) is 20.6 Å². The number of allylic oxidation sites excluding steroid dienone is 2. The fraction of sp³-hybridized carbons (Fsp3) is 0.565. The zero-order valence-electron chi connectivity index (χ0n) is 17.8. The number of rotatable bonds is 6. The van der Waals surface area contributed by atoms with Crippen LogP contribution in [0.4, 0.5) is 4.39 Å². The largest absolute Gasteiger partial charge is 0.365 e. The van der Waals surface area contributed by atoms with Crippen molar-refractivity contribution in [3.63, 3.8) is 0 Å². The van der Waals surface area contributed by atoms with Crippen molar-refractivity contribution in [1.29, 1.82) is 0 Å². The molecule has 1 aliphatic heterocycles. The lowest BCUT2D eigenvalue weighted by molar-refractivity contribution is -0.0726. The first kappa shape index (κ1) is 24.6. The van der Waals surface area contributed by atoms with Crippen LogP contribution >= 0.6 is 0 Å².